The van der Waals surface area contributed by atoms with Gasteiger partial charge in [-0.1, -0.05) is 77.0 Å². The molecule has 43 heavy (non-hydrogen) atoms. The summed E-state index contributed by atoms with van der Waals surface area (Å²) in [6, 6.07) is 54.6. The Hall–Kier alpha value is -2.58. The molecule has 0 unspecified atom stereocenters. The molecule has 0 aliphatic rings. The highest BCUT2D eigenvalue weighted by Gasteiger charge is 2.05. The maximum absolute atomic E-state index is 2.22. The van der Waals surface area contributed by atoms with Gasteiger partial charge >= 0.3 is 0 Å². The lowest BCUT2D eigenvalue weighted by atomic mass is 10.3. The van der Waals surface area contributed by atoms with Crippen LogP contribution in [0.25, 0.3) is 0 Å². The molecule has 6 heteroatoms. The molecule has 6 rings (SSSR count). The first-order valence-corrected chi connectivity index (χ1v) is 19.0. The van der Waals surface area contributed by atoms with Crippen LogP contribution >= 0.6 is 70.6 Å². The Balaban J connectivity index is 0.986. The van der Waals surface area contributed by atoms with Gasteiger partial charge in [-0.05, 0) is 140 Å². The van der Waals surface area contributed by atoms with Crippen LogP contribution in [0.4, 0.5) is 0 Å². The lowest BCUT2D eigenvalue weighted by molar-refractivity contribution is 1.29. The third-order valence-corrected chi connectivity index (χ3v) is 12.1. The second-order valence-electron chi connectivity index (χ2n) is 9.38. The van der Waals surface area contributed by atoms with E-state index in [0.717, 1.165) is 0 Å². The number of rotatable bonds is 11. The van der Waals surface area contributed by atoms with Crippen molar-refractivity contribution in [3.63, 3.8) is 0 Å². The van der Waals surface area contributed by atoms with E-state index in [1.165, 1.54) is 53.9 Å². The van der Waals surface area contributed by atoms with Crippen molar-refractivity contribution in [2.45, 2.75) is 53.9 Å². The van der Waals surface area contributed by atoms with Gasteiger partial charge in [-0.2, -0.15) is 0 Å². The van der Waals surface area contributed by atoms with Gasteiger partial charge in [0.15, 0.2) is 0 Å². The number of hydrogen-bond donors (Lipinski definition) is 0. The van der Waals surface area contributed by atoms with Gasteiger partial charge in [0.05, 0.1) is 0 Å². The predicted octanol–water partition coefficient (Wildman–Crippen LogP) is 13.2. The monoisotopic (exact) mass is 664 g/mol. The average molecular weight is 665 g/mol. The summed E-state index contributed by atoms with van der Waals surface area (Å²) in [5.41, 5.74) is 0. The maximum Gasteiger partial charge on any atom is 0.0123 e. The van der Waals surface area contributed by atoms with Crippen LogP contribution in [0.1, 0.15) is 0 Å². The maximum atomic E-state index is 2.22. The molecule has 0 saturated heterocycles. The Bertz CT molecular complexity index is 1710. The van der Waals surface area contributed by atoms with Crippen LogP contribution in [0.2, 0.25) is 0 Å². The minimum atomic E-state index is 1.25. The van der Waals surface area contributed by atoms with Crippen LogP contribution in [-0.4, -0.2) is 6.26 Å². The Morgan fingerprint density at radius 1 is 0.233 bits per heavy atom. The first-order valence-electron chi connectivity index (χ1n) is 13.7. The van der Waals surface area contributed by atoms with E-state index in [1.807, 2.05) is 0 Å². The Kier molecular flexibility index (Phi) is 10.9. The second kappa shape index (κ2) is 15.4. The fourth-order valence-electron chi connectivity index (χ4n) is 4.12. The molecule has 212 valence electrons. The van der Waals surface area contributed by atoms with Crippen molar-refractivity contribution in [2.75, 3.05) is 6.26 Å². The van der Waals surface area contributed by atoms with E-state index in [0.29, 0.717) is 0 Å². The van der Waals surface area contributed by atoms with E-state index < -0.39 is 0 Å². The first-order chi connectivity index (χ1) is 21.2. The Morgan fingerprint density at radius 2 is 0.419 bits per heavy atom. The number of hydrogen-bond acceptors (Lipinski definition) is 6. The standard InChI is InChI=1S/C37H28S6/c1-38-27-7-9-29(10-8-27)40-31-15-17-33(18-16-31)42-35-23-25-37(26-24-35)43-36-21-19-34(20-22-36)41-32-13-11-30(12-14-32)39-28-5-3-2-4-6-28/h2-26H,1H3. The summed E-state index contributed by atoms with van der Waals surface area (Å²) in [5.74, 6) is 0. The number of benzene rings is 6. The molecule has 0 aliphatic carbocycles. The van der Waals surface area contributed by atoms with Crippen molar-refractivity contribution < 1.29 is 0 Å². The van der Waals surface area contributed by atoms with E-state index in [1.54, 1.807) is 70.6 Å². The largest absolute Gasteiger partial charge is 0.130 e. The molecule has 0 amide bonds. The van der Waals surface area contributed by atoms with Gasteiger partial charge < -0.3 is 0 Å². The molecule has 6 aromatic rings. The molecule has 0 N–H and O–H groups in total. The second-order valence-corrected chi connectivity index (χ2v) is 16.0. The van der Waals surface area contributed by atoms with Gasteiger partial charge in [-0.25, -0.2) is 0 Å². The highest BCUT2D eigenvalue weighted by molar-refractivity contribution is 8.00. The third kappa shape index (κ3) is 9.21. The van der Waals surface area contributed by atoms with Gasteiger partial charge in [0.1, 0.15) is 0 Å². The summed E-state index contributed by atoms with van der Waals surface area (Å²) in [6.07, 6.45) is 2.11. The van der Waals surface area contributed by atoms with Gasteiger partial charge in [0.2, 0.25) is 0 Å². The van der Waals surface area contributed by atoms with Crippen molar-refractivity contribution in [1.82, 2.24) is 0 Å². The van der Waals surface area contributed by atoms with E-state index in [2.05, 4.69) is 158 Å². The molecule has 0 heterocycles. The molecule has 0 aromatic heterocycles. The molecule has 0 saturated carbocycles. The third-order valence-electron chi connectivity index (χ3n) is 6.28. The molecule has 0 spiro atoms. The van der Waals surface area contributed by atoms with Crippen molar-refractivity contribution >= 4 is 70.6 Å². The predicted molar refractivity (Wildman–Crippen MR) is 191 cm³/mol. The summed E-state index contributed by atoms with van der Waals surface area (Å²) in [5, 5.41) is 0. The average Bonchev–Trinajstić information content (AvgIpc) is 3.06. The molecule has 0 bridgehead atoms. The molecule has 0 atom stereocenters. The van der Waals surface area contributed by atoms with Crippen molar-refractivity contribution in [3.05, 3.63) is 152 Å². The van der Waals surface area contributed by atoms with E-state index in [4.69, 9.17) is 0 Å². The Morgan fingerprint density at radius 3 is 0.628 bits per heavy atom. The normalized spacial score (nSPS) is 11.0. The molecule has 0 aliphatic heterocycles. The molecule has 0 radical (unpaired) electrons. The van der Waals surface area contributed by atoms with Crippen molar-refractivity contribution in [2.24, 2.45) is 0 Å². The summed E-state index contributed by atoms with van der Waals surface area (Å²) < 4.78 is 0. The molecule has 0 nitrogen and oxygen atoms in total. The zero-order valence-corrected chi connectivity index (χ0v) is 28.3. The van der Waals surface area contributed by atoms with Gasteiger partial charge in [0, 0.05) is 53.9 Å². The minimum absolute atomic E-state index is 1.25. The van der Waals surface area contributed by atoms with Crippen molar-refractivity contribution in [3.8, 4) is 0 Å². The van der Waals surface area contributed by atoms with Gasteiger partial charge in [-0.3, -0.25) is 0 Å². The molecular formula is C37H28S6. The Labute approximate surface area is 280 Å². The highest BCUT2D eigenvalue weighted by atomic mass is 32.2. The van der Waals surface area contributed by atoms with Crippen LogP contribution < -0.4 is 0 Å². The van der Waals surface area contributed by atoms with Crippen molar-refractivity contribution in [1.29, 1.82) is 0 Å². The van der Waals surface area contributed by atoms with E-state index in [-0.39, 0.29) is 0 Å². The minimum Gasteiger partial charge on any atom is -0.130 e. The van der Waals surface area contributed by atoms with Gasteiger partial charge in [0.25, 0.3) is 0 Å². The fourth-order valence-corrected chi connectivity index (χ4v) is 8.63. The summed E-state index contributed by atoms with van der Waals surface area (Å²) >= 11 is 10.8. The smallest absolute Gasteiger partial charge is 0.0123 e. The highest BCUT2D eigenvalue weighted by Crippen LogP contribution is 2.36. The van der Waals surface area contributed by atoms with Crippen LogP contribution in [0.5, 0.6) is 0 Å². The molecular weight excluding hydrogens is 637 g/mol. The summed E-state index contributed by atoms with van der Waals surface area (Å²) in [6.45, 7) is 0. The zero-order valence-electron chi connectivity index (χ0n) is 23.4. The fraction of sp³-hybridized carbons (Fsp3) is 0.0270. The quantitative estimate of drug-likeness (QED) is 0.126. The SMILES string of the molecule is CSc1ccc(Sc2ccc(Sc3ccc(Sc4ccc(Sc5ccc(Sc6ccccc6)cc5)cc4)cc3)cc2)cc1. The molecule has 6 aromatic carbocycles. The zero-order chi connectivity index (χ0) is 29.3. The lowest BCUT2D eigenvalue weighted by Crippen LogP contribution is -1.79. The van der Waals surface area contributed by atoms with Crippen LogP contribution in [-0.2, 0) is 0 Å². The van der Waals surface area contributed by atoms with Crippen LogP contribution in [0.15, 0.2) is 206 Å². The summed E-state index contributed by atoms with van der Waals surface area (Å²) in [7, 11) is 0. The number of thioether (sulfide) groups is 1. The van der Waals surface area contributed by atoms with E-state index >= 15 is 0 Å². The topological polar surface area (TPSA) is 0 Å². The van der Waals surface area contributed by atoms with Gasteiger partial charge in [-0.15, -0.1) is 11.8 Å². The molecule has 0 fully saturated rings. The van der Waals surface area contributed by atoms with Crippen LogP contribution in [0.3, 0.4) is 0 Å². The van der Waals surface area contributed by atoms with E-state index in [9.17, 15) is 0 Å². The first kappa shape index (κ1) is 30.4. The lowest BCUT2D eigenvalue weighted by Gasteiger charge is -2.07. The van der Waals surface area contributed by atoms with Crippen LogP contribution in [0, 0.1) is 0 Å². The summed E-state index contributed by atoms with van der Waals surface area (Å²) in [4.78, 5) is 13.8.